The first-order valence-electron chi connectivity index (χ1n) is 4.30. The van der Waals surface area contributed by atoms with Crippen molar-refractivity contribution in [1.82, 2.24) is 9.78 Å². The zero-order valence-corrected chi connectivity index (χ0v) is 7.59. The molecule has 1 heterocycles. The molecular weight excluding hydrogens is 178 g/mol. The number of hydrogen-bond acceptors (Lipinski definition) is 3. The zero-order valence-electron chi connectivity index (χ0n) is 7.59. The Hall–Kier alpha value is -1.97. The lowest BCUT2D eigenvalue weighted by Crippen LogP contribution is -2.00. The van der Waals surface area contributed by atoms with Crippen LogP contribution in [0.25, 0.3) is 0 Å². The molecule has 14 heavy (non-hydrogen) atoms. The number of anilines is 1. The van der Waals surface area contributed by atoms with Crippen LogP contribution in [0.15, 0.2) is 36.7 Å². The minimum atomic E-state index is 0.245. The van der Waals surface area contributed by atoms with Crippen molar-refractivity contribution in [2.24, 2.45) is 0 Å². The Morgan fingerprint density at radius 2 is 2.29 bits per heavy atom. The van der Waals surface area contributed by atoms with Crippen molar-refractivity contribution in [3.05, 3.63) is 42.2 Å². The maximum atomic E-state index is 9.54. The number of nitrogens with zero attached hydrogens (tertiary/aromatic N) is 2. The van der Waals surface area contributed by atoms with Gasteiger partial charge in [0.25, 0.3) is 0 Å². The van der Waals surface area contributed by atoms with Gasteiger partial charge in [0.15, 0.2) is 0 Å². The van der Waals surface area contributed by atoms with Crippen molar-refractivity contribution in [1.29, 1.82) is 0 Å². The van der Waals surface area contributed by atoms with Gasteiger partial charge in [-0.25, -0.2) is 0 Å². The smallest absolute Gasteiger partial charge is 0.120 e. The number of nitrogen functional groups attached to an aromatic ring is 1. The van der Waals surface area contributed by atoms with Gasteiger partial charge in [-0.15, -0.1) is 0 Å². The minimum absolute atomic E-state index is 0.245. The highest BCUT2D eigenvalue weighted by Crippen LogP contribution is 2.20. The molecule has 0 unspecified atom stereocenters. The van der Waals surface area contributed by atoms with Crippen molar-refractivity contribution in [2.75, 3.05) is 5.73 Å². The van der Waals surface area contributed by atoms with Gasteiger partial charge in [0, 0.05) is 23.6 Å². The van der Waals surface area contributed by atoms with Crippen molar-refractivity contribution >= 4 is 5.69 Å². The van der Waals surface area contributed by atoms with Crippen LogP contribution in [0.5, 0.6) is 5.75 Å². The SMILES string of the molecule is Nc1ccc(O)c(Cn2cccn2)c1. The average Bonchev–Trinajstić information content (AvgIpc) is 2.64. The second-order valence-corrected chi connectivity index (χ2v) is 3.09. The molecule has 1 aromatic heterocycles. The highest BCUT2D eigenvalue weighted by Gasteiger charge is 2.02. The van der Waals surface area contributed by atoms with Crippen molar-refractivity contribution < 1.29 is 5.11 Å². The normalized spacial score (nSPS) is 10.3. The van der Waals surface area contributed by atoms with E-state index in [1.165, 1.54) is 0 Å². The van der Waals surface area contributed by atoms with E-state index in [-0.39, 0.29) is 5.75 Å². The zero-order chi connectivity index (χ0) is 9.97. The molecule has 0 saturated carbocycles. The molecule has 0 spiro atoms. The topological polar surface area (TPSA) is 64.1 Å². The van der Waals surface area contributed by atoms with Gasteiger partial charge in [0.1, 0.15) is 5.75 Å². The van der Waals surface area contributed by atoms with Gasteiger partial charge in [-0.2, -0.15) is 5.10 Å². The predicted molar refractivity (Wildman–Crippen MR) is 53.8 cm³/mol. The molecule has 0 bridgehead atoms. The maximum absolute atomic E-state index is 9.54. The van der Waals surface area contributed by atoms with E-state index in [1.54, 1.807) is 29.1 Å². The van der Waals surface area contributed by atoms with Crippen molar-refractivity contribution in [3.63, 3.8) is 0 Å². The van der Waals surface area contributed by atoms with Crippen LogP contribution in [-0.2, 0) is 6.54 Å². The van der Waals surface area contributed by atoms with Crippen LogP contribution in [0.2, 0.25) is 0 Å². The predicted octanol–water partition coefficient (Wildman–Crippen LogP) is 1.22. The molecule has 0 aliphatic rings. The second-order valence-electron chi connectivity index (χ2n) is 3.09. The van der Waals surface area contributed by atoms with Gasteiger partial charge >= 0.3 is 0 Å². The average molecular weight is 189 g/mol. The van der Waals surface area contributed by atoms with Gasteiger partial charge in [-0.05, 0) is 24.3 Å². The molecular formula is C10H11N3O. The molecule has 4 heteroatoms. The van der Waals surface area contributed by atoms with Gasteiger partial charge in [0.05, 0.1) is 6.54 Å². The highest BCUT2D eigenvalue weighted by atomic mass is 16.3. The van der Waals surface area contributed by atoms with Crippen LogP contribution < -0.4 is 5.73 Å². The molecule has 1 aromatic carbocycles. The molecule has 3 N–H and O–H groups in total. The van der Waals surface area contributed by atoms with Crippen LogP contribution in [0.1, 0.15) is 5.56 Å². The first-order valence-corrected chi connectivity index (χ1v) is 4.30. The fourth-order valence-electron chi connectivity index (χ4n) is 1.30. The summed E-state index contributed by atoms with van der Waals surface area (Å²) in [5, 5.41) is 13.6. The molecule has 72 valence electrons. The van der Waals surface area contributed by atoms with Gasteiger partial charge < -0.3 is 10.8 Å². The summed E-state index contributed by atoms with van der Waals surface area (Å²) < 4.78 is 1.73. The van der Waals surface area contributed by atoms with Gasteiger partial charge in [-0.1, -0.05) is 0 Å². The lowest BCUT2D eigenvalue weighted by molar-refractivity contribution is 0.464. The molecule has 0 atom stereocenters. The first kappa shape index (κ1) is 8.62. The first-order chi connectivity index (χ1) is 6.75. The lowest BCUT2D eigenvalue weighted by atomic mass is 10.2. The van der Waals surface area contributed by atoms with Crippen molar-refractivity contribution in [3.8, 4) is 5.75 Å². The van der Waals surface area contributed by atoms with E-state index in [1.807, 2.05) is 12.3 Å². The summed E-state index contributed by atoms with van der Waals surface area (Å²) in [5.41, 5.74) is 7.03. The lowest BCUT2D eigenvalue weighted by Gasteiger charge is -2.05. The van der Waals surface area contributed by atoms with E-state index in [0.717, 1.165) is 5.56 Å². The number of phenolic OH excluding ortho intramolecular Hbond substituents is 1. The van der Waals surface area contributed by atoms with Crippen LogP contribution >= 0.6 is 0 Å². The molecule has 4 nitrogen and oxygen atoms in total. The summed E-state index contributed by atoms with van der Waals surface area (Å²) in [4.78, 5) is 0. The molecule has 0 fully saturated rings. The monoisotopic (exact) mass is 189 g/mol. The standard InChI is InChI=1S/C10H11N3O/c11-9-2-3-10(14)8(6-9)7-13-5-1-4-12-13/h1-6,14H,7,11H2. The summed E-state index contributed by atoms with van der Waals surface area (Å²) in [6.07, 6.45) is 3.53. The maximum Gasteiger partial charge on any atom is 0.120 e. The number of aromatic nitrogens is 2. The quantitative estimate of drug-likeness (QED) is 0.551. The summed E-state index contributed by atoms with van der Waals surface area (Å²) in [5.74, 6) is 0.245. The Kier molecular flexibility index (Phi) is 2.10. The van der Waals surface area contributed by atoms with Crippen LogP contribution in [-0.4, -0.2) is 14.9 Å². The second kappa shape index (κ2) is 3.41. The van der Waals surface area contributed by atoms with E-state index >= 15 is 0 Å². The fourth-order valence-corrected chi connectivity index (χ4v) is 1.30. The summed E-state index contributed by atoms with van der Waals surface area (Å²) in [6.45, 7) is 0.532. The third-order valence-electron chi connectivity index (χ3n) is 2.00. The fraction of sp³-hybridized carbons (Fsp3) is 0.100. The molecule has 0 aliphatic heterocycles. The molecule has 0 saturated heterocycles. The summed E-state index contributed by atoms with van der Waals surface area (Å²) in [6, 6.07) is 6.84. The molecule has 2 rings (SSSR count). The van der Waals surface area contributed by atoms with Crippen LogP contribution in [0.3, 0.4) is 0 Å². The molecule has 0 amide bonds. The number of benzene rings is 1. The summed E-state index contributed by atoms with van der Waals surface area (Å²) >= 11 is 0. The largest absolute Gasteiger partial charge is 0.508 e. The molecule has 0 aliphatic carbocycles. The van der Waals surface area contributed by atoms with E-state index in [4.69, 9.17) is 5.73 Å². The Balaban J connectivity index is 2.28. The van der Waals surface area contributed by atoms with E-state index in [2.05, 4.69) is 5.10 Å². The molecule has 0 radical (unpaired) electrons. The third kappa shape index (κ3) is 1.69. The van der Waals surface area contributed by atoms with E-state index in [9.17, 15) is 5.11 Å². The highest BCUT2D eigenvalue weighted by molar-refractivity contribution is 5.47. The third-order valence-corrected chi connectivity index (χ3v) is 2.00. The van der Waals surface area contributed by atoms with E-state index in [0.29, 0.717) is 12.2 Å². The van der Waals surface area contributed by atoms with Gasteiger partial charge in [0.2, 0.25) is 0 Å². The number of rotatable bonds is 2. The number of phenols is 1. The number of hydrogen-bond donors (Lipinski definition) is 2. The minimum Gasteiger partial charge on any atom is -0.508 e. The van der Waals surface area contributed by atoms with Gasteiger partial charge in [-0.3, -0.25) is 4.68 Å². The van der Waals surface area contributed by atoms with Crippen LogP contribution in [0.4, 0.5) is 5.69 Å². The Labute approximate surface area is 81.6 Å². The Morgan fingerprint density at radius 1 is 1.43 bits per heavy atom. The Bertz CT molecular complexity index is 423. The number of aromatic hydroxyl groups is 1. The summed E-state index contributed by atoms with van der Waals surface area (Å²) in [7, 11) is 0. The van der Waals surface area contributed by atoms with Crippen LogP contribution in [0, 0.1) is 0 Å². The van der Waals surface area contributed by atoms with Crippen molar-refractivity contribution in [2.45, 2.75) is 6.54 Å². The molecule has 2 aromatic rings. The Morgan fingerprint density at radius 3 is 3.00 bits per heavy atom. The van der Waals surface area contributed by atoms with E-state index < -0.39 is 0 Å². The number of nitrogens with two attached hydrogens (primary N) is 1.